The highest BCUT2D eigenvalue weighted by molar-refractivity contribution is 9.10. The molecule has 27 heavy (non-hydrogen) atoms. The van der Waals surface area contributed by atoms with Gasteiger partial charge in [0.25, 0.3) is 0 Å². The lowest BCUT2D eigenvalue weighted by Gasteiger charge is -2.27. The third kappa shape index (κ3) is 5.10. The second-order valence-electron chi connectivity index (χ2n) is 6.61. The molecule has 1 aliphatic rings. The standard InChI is InChI=1S/C19H19BrClNO4S/c20-14-9-12(1-8-19(23)24)18-7-4-16(11-13(18)10-14)22-27(25,26)17-5-2-15(21)3-6-17/h2-3,5-6,9-10,16,22H,1,4,7-8,11H2,(H,23,24). The van der Waals surface area contributed by atoms with Crippen molar-refractivity contribution in [2.24, 2.45) is 0 Å². The summed E-state index contributed by atoms with van der Waals surface area (Å²) in [6.45, 7) is 0. The predicted octanol–water partition coefficient (Wildman–Crippen LogP) is 3.96. The molecule has 0 spiro atoms. The third-order valence-corrected chi connectivity index (χ3v) is 6.91. The number of hydrogen-bond acceptors (Lipinski definition) is 3. The van der Waals surface area contributed by atoms with Crippen LogP contribution in [0.4, 0.5) is 0 Å². The highest BCUT2D eigenvalue weighted by Gasteiger charge is 2.26. The zero-order valence-electron chi connectivity index (χ0n) is 14.4. The number of nitrogens with one attached hydrogen (secondary N) is 1. The van der Waals surface area contributed by atoms with Crippen LogP contribution in [0.1, 0.15) is 29.5 Å². The lowest BCUT2D eigenvalue weighted by molar-refractivity contribution is -0.136. The van der Waals surface area contributed by atoms with Crippen LogP contribution < -0.4 is 4.72 Å². The number of aryl methyl sites for hydroxylation is 1. The van der Waals surface area contributed by atoms with E-state index in [2.05, 4.69) is 20.7 Å². The first-order chi connectivity index (χ1) is 12.7. The van der Waals surface area contributed by atoms with Crippen LogP contribution in [0.3, 0.4) is 0 Å². The maximum Gasteiger partial charge on any atom is 0.303 e. The number of fused-ring (bicyclic) bond motifs is 1. The fourth-order valence-corrected chi connectivity index (χ4v) is 5.36. The Bertz CT molecular complexity index is 960. The Kier molecular flexibility index (Phi) is 6.25. The Hall–Kier alpha value is -1.41. The third-order valence-electron chi connectivity index (χ3n) is 4.66. The minimum Gasteiger partial charge on any atom is -0.481 e. The molecule has 0 fully saturated rings. The first-order valence-electron chi connectivity index (χ1n) is 8.54. The fourth-order valence-electron chi connectivity index (χ4n) is 3.41. The summed E-state index contributed by atoms with van der Waals surface area (Å²) in [4.78, 5) is 11.1. The van der Waals surface area contributed by atoms with Gasteiger partial charge in [-0.05, 0) is 78.8 Å². The maximum absolute atomic E-state index is 12.6. The molecular weight excluding hydrogens is 454 g/mol. The van der Waals surface area contributed by atoms with Crippen LogP contribution in [0.5, 0.6) is 0 Å². The zero-order chi connectivity index (χ0) is 19.6. The van der Waals surface area contributed by atoms with E-state index < -0.39 is 16.0 Å². The molecule has 8 heteroatoms. The first-order valence-corrected chi connectivity index (χ1v) is 11.2. The summed E-state index contributed by atoms with van der Waals surface area (Å²) < 4.78 is 28.9. The molecule has 2 N–H and O–H groups in total. The van der Waals surface area contributed by atoms with E-state index in [9.17, 15) is 13.2 Å². The van der Waals surface area contributed by atoms with Crippen molar-refractivity contribution in [2.75, 3.05) is 0 Å². The van der Waals surface area contributed by atoms with Crippen molar-refractivity contribution >= 4 is 43.5 Å². The molecule has 0 saturated heterocycles. The SMILES string of the molecule is O=C(O)CCc1cc(Br)cc2c1CCC(NS(=O)(=O)c1ccc(Cl)cc1)C2. The van der Waals surface area contributed by atoms with Crippen molar-refractivity contribution in [3.8, 4) is 0 Å². The van der Waals surface area contributed by atoms with Crippen LogP contribution in [-0.2, 0) is 34.1 Å². The molecule has 0 aliphatic heterocycles. The minimum absolute atomic E-state index is 0.0789. The second-order valence-corrected chi connectivity index (χ2v) is 9.68. The van der Waals surface area contributed by atoms with Crippen molar-refractivity contribution in [1.29, 1.82) is 0 Å². The topological polar surface area (TPSA) is 83.5 Å². The molecule has 5 nitrogen and oxygen atoms in total. The Morgan fingerprint density at radius 2 is 1.96 bits per heavy atom. The van der Waals surface area contributed by atoms with Gasteiger partial charge in [0.2, 0.25) is 10.0 Å². The Labute approximate surface area is 171 Å². The number of rotatable bonds is 6. The van der Waals surface area contributed by atoms with Crippen molar-refractivity contribution in [3.05, 3.63) is 62.6 Å². The van der Waals surface area contributed by atoms with E-state index in [1.807, 2.05) is 12.1 Å². The number of carboxylic acids is 1. The maximum atomic E-state index is 12.6. The number of halogens is 2. The van der Waals surface area contributed by atoms with Gasteiger partial charge >= 0.3 is 5.97 Å². The van der Waals surface area contributed by atoms with Crippen LogP contribution >= 0.6 is 27.5 Å². The molecule has 1 atom stereocenters. The van der Waals surface area contributed by atoms with Crippen LogP contribution in [-0.4, -0.2) is 25.5 Å². The molecular formula is C19H19BrClNO4S. The van der Waals surface area contributed by atoms with Gasteiger partial charge in [-0.15, -0.1) is 0 Å². The number of carbonyl (C=O) groups is 1. The largest absolute Gasteiger partial charge is 0.481 e. The molecule has 0 radical (unpaired) electrons. The first kappa shape index (κ1) is 20.3. The van der Waals surface area contributed by atoms with Gasteiger partial charge in [0.05, 0.1) is 4.90 Å². The summed E-state index contributed by atoms with van der Waals surface area (Å²) in [5.74, 6) is -0.826. The average Bonchev–Trinajstić information content (AvgIpc) is 2.59. The lowest BCUT2D eigenvalue weighted by atomic mass is 9.85. The fraction of sp³-hybridized carbons (Fsp3) is 0.316. The molecule has 0 saturated carbocycles. The van der Waals surface area contributed by atoms with Crippen LogP contribution in [0.2, 0.25) is 5.02 Å². The van der Waals surface area contributed by atoms with Crippen molar-refractivity contribution in [2.45, 2.75) is 43.0 Å². The van der Waals surface area contributed by atoms with Gasteiger partial charge in [0.15, 0.2) is 0 Å². The summed E-state index contributed by atoms with van der Waals surface area (Å²) >= 11 is 9.30. The average molecular weight is 473 g/mol. The van der Waals surface area contributed by atoms with Gasteiger partial charge in [-0.2, -0.15) is 0 Å². The number of benzene rings is 2. The number of hydrogen-bond donors (Lipinski definition) is 2. The van der Waals surface area contributed by atoms with Crippen molar-refractivity contribution in [3.63, 3.8) is 0 Å². The smallest absolute Gasteiger partial charge is 0.303 e. The second kappa shape index (κ2) is 8.31. The molecule has 0 amide bonds. The number of carboxylic acid groups (broad SMARTS) is 1. The lowest BCUT2D eigenvalue weighted by Crippen LogP contribution is -2.39. The highest BCUT2D eigenvalue weighted by Crippen LogP contribution is 2.30. The van der Waals surface area contributed by atoms with E-state index in [1.165, 1.54) is 12.1 Å². The van der Waals surface area contributed by atoms with E-state index in [0.29, 0.717) is 30.7 Å². The molecule has 3 rings (SSSR count). The summed E-state index contributed by atoms with van der Waals surface area (Å²) in [5.41, 5.74) is 3.21. The summed E-state index contributed by atoms with van der Waals surface area (Å²) in [7, 11) is -3.62. The Balaban J connectivity index is 1.78. The molecule has 0 heterocycles. The van der Waals surface area contributed by atoms with Crippen LogP contribution in [0, 0.1) is 0 Å². The van der Waals surface area contributed by atoms with Crippen LogP contribution in [0.15, 0.2) is 45.8 Å². The number of sulfonamides is 1. The minimum atomic E-state index is -3.62. The monoisotopic (exact) mass is 471 g/mol. The van der Waals surface area contributed by atoms with E-state index in [0.717, 1.165) is 21.2 Å². The molecule has 1 aliphatic carbocycles. The van der Waals surface area contributed by atoms with E-state index in [-0.39, 0.29) is 17.4 Å². The van der Waals surface area contributed by atoms with Gasteiger partial charge in [-0.25, -0.2) is 13.1 Å². The van der Waals surface area contributed by atoms with E-state index in [1.54, 1.807) is 12.1 Å². The van der Waals surface area contributed by atoms with Gasteiger partial charge in [-0.1, -0.05) is 27.5 Å². The molecule has 144 valence electrons. The van der Waals surface area contributed by atoms with E-state index >= 15 is 0 Å². The van der Waals surface area contributed by atoms with Gasteiger partial charge in [0.1, 0.15) is 0 Å². The highest BCUT2D eigenvalue weighted by atomic mass is 79.9. The molecule has 0 bridgehead atoms. The summed E-state index contributed by atoms with van der Waals surface area (Å²) in [6.07, 6.45) is 2.50. The predicted molar refractivity (Wildman–Crippen MR) is 108 cm³/mol. The van der Waals surface area contributed by atoms with Crippen LogP contribution in [0.25, 0.3) is 0 Å². The van der Waals surface area contributed by atoms with Gasteiger partial charge < -0.3 is 5.11 Å². The molecule has 2 aromatic carbocycles. The molecule has 2 aromatic rings. The molecule has 1 unspecified atom stereocenters. The Morgan fingerprint density at radius 1 is 1.26 bits per heavy atom. The quantitative estimate of drug-likeness (QED) is 0.667. The van der Waals surface area contributed by atoms with Gasteiger partial charge in [0, 0.05) is 22.0 Å². The Morgan fingerprint density at radius 3 is 2.63 bits per heavy atom. The summed E-state index contributed by atoms with van der Waals surface area (Å²) in [5, 5.41) is 9.43. The van der Waals surface area contributed by atoms with E-state index in [4.69, 9.17) is 16.7 Å². The number of aliphatic carboxylic acids is 1. The zero-order valence-corrected chi connectivity index (χ0v) is 17.6. The van der Waals surface area contributed by atoms with Crippen molar-refractivity contribution in [1.82, 2.24) is 4.72 Å². The van der Waals surface area contributed by atoms with Gasteiger partial charge in [-0.3, -0.25) is 4.79 Å². The normalized spacial score (nSPS) is 16.7. The molecule has 0 aromatic heterocycles. The summed E-state index contributed by atoms with van der Waals surface area (Å²) in [6, 6.07) is 9.82. The van der Waals surface area contributed by atoms with Crippen molar-refractivity contribution < 1.29 is 18.3 Å².